The van der Waals surface area contributed by atoms with E-state index in [1.807, 2.05) is 0 Å². The topological polar surface area (TPSA) is 60.2 Å². The van der Waals surface area contributed by atoms with Crippen molar-refractivity contribution < 1.29 is 9.72 Å². The Morgan fingerprint density at radius 3 is 2.45 bits per heavy atom. The molecular formula is C14H10ClNO3S. The van der Waals surface area contributed by atoms with Crippen LogP contribution < -0.4 is 0 Å². The Balaban J connectivity index is 2.60. The zero-order valence-electron chi connectivity index (χ0n) is 10.5. The molecule has 102 valence electrons. The molecular weight excluding hydrogens is 298 g/mol. The van der Waals surface area contributed by atoms with Gasteiger partial charge in [-0.25, -0.2) is 0 Å². The summed E-state index contributed by atoms with van der Waals surface area (Å²) in [6.07, 6.45) is 1.80. The van der Waals surface area contributed by atoms with Crippen LogP contribution in [0.4, 0.5) is 5.69 Å². The van der Waals surface area contributed by atoms with Gasteiger partial charge in [-0.3, -0.25) is 14.9 Å². The number of hydrogen-bond acceptors (Lipinski definition) is 4. The third-order valence-corrected chi connectivity index (χ3v) is 3.95. The van der Waals surface area contributed by atoms with Gasteiger partial charge in [0.25, 0.3) is 5.69 Å². The van der Waals surface area contributed by atoms with E-state index in [9.17, 15) is 14.9 Å². The molecule has 0 radical (unpaired) electrons. The van der Waals surface area contributed by atoms with Crippen molar-refractivity contribution in [1.82, 2.24) is 0 Å². The van der Waals surface area contributed by atoms with Crippen LogP contribution >= 0.6 is 23.4 Å². The molecule has 0 N–H and O–H groups in total. The first-order chi connectivity index (χ1) is 9.54. The first-order valence-corrected chi connectivity index (χ1v) is 7.26. The summed E-state index contributed by atoms with van der Waals surface area (Å²) in [6, 6.07) is 11.2. The van der Waals surface area contributed by atoms with Crippen LogP contribution in [0.5, 0.6) is 0 Å². The lowest BCUT2D eigenvalue weighted by molar-refractivity contribution is -0.385. The third kappa shape index (κ3) is 2.84. The smallest absolute Gasteiger partial charge is 0.282 e. The van der Waals surface area contributed by atoms with E-state index in [2.05, 4.69) is 0 Å². The van der Waals surface area contributed by atoms with Gasteiger partial charge < -0.3 is 0 Å². The second-order valence-corrected chi connectivity index (χ2v) is 5.21. The summed E-state index contributed by atoms with van der Waals surface area (Å²) in [4.78, 5) is 23.5. The van der Waals surface area contributed by atoms with E-state index in [0.29, 0.717) is 10.5 Å². The number of rotatable bonds is 4. The van der Waals surface area contributed by atoms with Crippen LogP contribution in [-0.4, -0.2) is 17.0 Å². The number of carbonyl (C=O) groups is 1. The van der Waals surface area contributed by atoms with Crippen molar-refractivity contribution >= 4 is 34.8 Å². The molecule has 4 nitrogen and oxygen atoms in total. The lowest BCUT2D eigenvalue weighted by Crippen LogP contribution is -2.06. The lowest BCUT2D eigenvalue weighted by Gasteiger charge is -2.06. The van der Waals surface area contributed by atoms with Gasteiger partial charge >= 0.3 is 0 Å². The Morgan fingerprint density at radius 1 is 1.25 bits per heavy atom. The second-order valence-electron chi connectivity index (χ2n) is 3.96. The number of benzene rings is 2. The van der Waals surface area contributed by atoms with E-state index in [1.165, 1.54) is 23.9 Å². The van der Waals surface area contributed by atoms with E-state index in [0.717, 1.165) is 0 Å². The average Bonchev–Trinajstić information content (AvgIpc) is 2.47. The highest BCUT2D eigenvalue weighted by Crippen LogP contribution is 2.33. The SMILES string of the molecule is CSc1cc(C(=O)c2ccccc2)c([N+](=O)[O-])cc1Cl. The zero-order chi connectivity index (χ0) is 14.7. The Hall–Kier alpha value is -1.85. The van der Waals surface area contributed by atoms with E-state index in [-0.39, 0.29) is 22.1 Å². The maximum absolute atomic E-state index is 12.4. The van der Waals surface area contributed by atoms with Gasteiger partial charge in [0.2, 0.25) is 0 Å². The standard InChI is InChI=1S/C14H10ClNO3S/c1-20-13-7-10(12(16(18)19)8-11(13)15)14(17)9-5-3-2-4-6-9/h2-8H,1H3. The molecule has 0 heterocycles. The second kappa shape index (κ2) is 6.07. The van der Waals surface area contributed by atoms with E-state index in [4.69, 9.17) is 11.6 Å². The van der Waals surface area contributed by atoms with Crippen LogP contribution in [0.15, 0.2) is 47.4 Å². The molecule has 0 saturated heterocycles. The van der Waals surface area contributed by atoms with Crippen LogP contribution in [0, 0.1) is 10.1 Å². The molecule has 6 heteroatoms. The normalized spacial score (nSPS) is 10.3. The van der Waals surface area contributed by atoms with Gasteiger partial charge in [-0.15, -0.1) is 11.8 Å². The fraction of sp³-hybridized carbons (Fsp3) is 0.0714. The van der Waals surface area contributed by atoms with Gasteiger partial charge in [0.15, 0.2) is 5.78 Å². The molecule has 0 bridgehead atoms. The average molecular weight is 308 g/mol. The first kappa shape index (κ1) is 14.6. The van der Waals surface area contributed by atoms with Gasteiger partial charge in [0.1, 0.15) is 5.56 Å². The molecule has 0 aliphatic rings. The number of hydrogen-bond donors (Lipinski definition) is 0. The monoisotopic (exact) mass is 307 g/mol. The Kier molecular flexibility index (Phi) is 4.42. The maximum Gasteiger partial charge on any atom is 0.282 e. The predicted molar refractivity (Wildman–Crippen MR) is 79.8 cm³/mol. The molecule has 2 aromatic carbocycles. The number of nitro groups is 1. The van der Waals surface area contributed by atoms with Gasteiger partial charge in [-0.2, -0.15) is 0 Å². The summed E-state index contributed by atoms with van der Waals surface area (Å²) in [5, 5.41) is 11.4. The summed E-state index contributed by atoms with van der Waals surface area (Å²) in [7, 11) is 0. The Bertz CT molecular complexity index is 674. The molecule has 0 fully saturated rings. The van der Waals surface area contributed by atoms with E-state index in [1.54, 1.807) is 36.6 Å². The third-order valence-electron chi connectivity index (χ3n) is 2.75. The summed E-state index contributed by atoms with van der Waals surface area (Å²) in [6.45, 7) is 0. The largest absolute Gasteiger partial charge is 0.288 e. The van der Waals surface area contributed by atoms with Crippen molar-refractivity contribution in [1.29, 1.82) is 0 Å². The van der Waals surface area contributed by atoms with E-state index >= 15 is 0 Å². The van der Waals surface area contributed by atoms with Crippen molar-refractivity contribution in [3.63, 3.8) is 0 Å². The number of nitro benzene ring substituents is 1. The van der Waals surface area contributed by atoms with Crippen molar-refractivity contribution in [2.75, 3.05) is 6.26 Å². The van der Waals surface area contributed by atoms with Gasteiger partial charge in [0, 0.05) is 16.5 Å². The van der Waals surface area contributed by atoms with Crippen molar-refractivity contribution in [2.24, 2.45) is 0 Å². The highest BCUT2D eigenvalue weighted by molar-refractivity contribution is 7.98. The molecule has 0 saturated carbocycles. The molecule has 0 aromatic heterocycles. The maximum atomic E-state index is 12.4. The van der Waals surface area contributed by atoms with Crippen molar-refractivity contribution in [2.45, 2.75) is 4.90 Å². The number of thioether (sulfide) groups is 1. The minimum Gasteiger partial charge on any atom is -0.288 e. The van der Waals surface area contributed by atoms with Crippen molar-refractivity contribution in [3.05, 3.63) is 68.7 Å². The molecule has 0 amide bonds. The molecule has 0 atom stereocenters. The van der Waals surface area contributed by atoms with Crippen LogP contribution in [-0.2, 0) is 0 Å². The van der Waals surface area contributed by atoms with Gasteiger partial charge in [-0.05, 0) is 12.3 Å². The molecule has 2 aromatic rings. The lowest BCUT2D eigenvalue weighted by atomic mass is 10.0. The highest BCUT2D eigenvalue weighted by atomic mass is 35.5. The predicted octanol–water partition coefficient (Wildman–Crippen LogP) is 4.20. The number of nitrogens with zero attached hydrogens (tertiary/aromatic N) is 1. The van der Waals surface area contributed by atoms with Crippen LogP contribution in [0.2, 0.25) is 5.02 Å². The Labute approximate surface area is 124 Å². The fourth-order valence-electron chi connectivity index (χ4n) is 1.78. The van der Waals surface area contributed by atoms with E-state index < -0.39 is 4.92 Å². The van der Waals surface area contributed by atoms with Gasteiger partial charge in [0.05, 0.1) is 9.95 Å². The Morgan fingerprint density at radius 2 is 1.90 bits per heavy atom. The fourth-order valence-corrected chi connectivity index (χ4v) is 2.66. The minimum absolute atomic E-state index is 0.0509. The molecule has 2 rings (SSSR count). The molecule has 0 unspecified atom stereocenters. The quantitative estimate of drug-likeness (QED) is 0.367. The first-order valence-electron chi connectivity index (χ1n) is 5.66. The van der Waals surface area contributed by atoms with Crippen molar-refractivity contribution in [3.8, 4) is 0 Å². The van der Waals surface area contributed by atoms with Crippen LogP contribution in [0.1, 0.15) is 15.9 Å². The molecule has 20 heavy (non-hydrogen) atoms. The molecule has 0 aliphatic carbocycles. The number of carbonyl (C=O) groups excluding carboxylic acids is 1. The number of ketones is 1. The summed E-state index contributed by atoms with van der Waals surface area (Å²) >= 11 is 7.30. The van der Waals surface area contributed by atoms with Crippen LogP contribution in [0.25, 0.3) is 0 Å². The molecule has 0 aliphatic heterocycles. The summed E-state index contributed by atoms with van der Waals surface area (Å²) in [5.74, 6) is -0.385. The minimum atomic E-state index is -0.591. The molecule has 0 spiro atoms. The zero-order valence-corrected chi connectivity index (χ0v) is 12.1. The van der Waals surface area contributed by atoms with Crippen LogP contribution in [0.3, 0.4) is 0 Å². The number of halogens is 1. The summed E-state index contributed by atoms with van der Waals surface area (Å²) < 4.78 is 0. The summed E-state index contributed by atoms with van der Waals surface area (Å²) in [5.41, 5.74) is 0.182. The highest BCUT2D eigenvalue weighted by Gasteiger charge is 2.23. The van der Waals surface area contributed by atoms with Gasteiger partial charge in [-0.1, -0.05) is 41.9 Å².